The zero-order valence-corrected chi connectivity index (χ0v) is 26.5. The van der Waals surface area contributed by atoms with Gasteiger partial charge in [0.2, 0.25) is 5.90 Å². The van der Waals surface area contributed by atoms with Crippen molar-refractivity contribution in [2.75, 3.05) is 40.2 Å². The molecule has 0 aliphatic heterocycles. The van der Waals surface area contributed by atoms with Crippen LogP contribution >= 0.6 is 0 Å². The maximum Gasteiger partial charge on any atom is 0.508 e. The Bertz CT molecular complexity index is 905. The normalized spacial score (nSPS) is 13.3. The number of nitrogens with zero attached hydrogens (tertiary/aromatic N) is 2. The summed E-state index contributed by atoms with van der Waals surface area (Å²) >= 11 is 0. The molecule has 2 atom stereocenters. The summed E-state index contributed by atoms with van der Waals surface area (Å²) in [5.41, 5.74) is 1.46. The van der Waals surface area contributed by atoms with Gasteiger partial charge in [0.25, 0.3) is 0 Å². The second-order valence-corrected chi connectivity index (χ2v) is 8.50. The van der Waals surface area contributed by atoms with E-state index in [0.29, 0.717) is 6.42 Å². The van der Waals surface area contributed by atoms with Gasteiger partial charge < -0.3 is 29.2 Å². The second-order valence-electron chi connectivity index (χ2n) is 8.50. The number of carbonyl (C=O) groups is 1. The van der Waals surface area contributed by atoms with Gasteiger partial charge in [-0.25, -0.2) is 13.6 Å². The summed E-state index contributed by atoms with van der Waals surface area (Å²) in [7, 11) is 1.04. The smallest absolute Gasteiger partial charge is 0.508 e. The molecular weight excluding hydrogens is 595 g/mol. The van der Waals surface area contributed by atoms with Crippen molar-refractivity contribution < 1.29 is 55.9 Å². The van der Waals surface area contributed by atoms with Crippen LogP contribution in [0.5, 0.6) is 0 Å². The fraction of sp³-hybridized carbons (Fsp3) is 0.600. The summed E-state index contributed by atoms with van der Waals surface area (Å²) < 4.78 is 85.3. The molecule has 9 nitrogen and oxygen atoms in total. The summed E-state index contributed by atoms with van der Waals surface area (Å²) in [6.07, 6.45) is -0.796. The van der Waals surface area contributed by atoms with Crippen LogP contribution in [0.3, 0.4) is 0 Å². The minimum absolute atomic E-state index is 0.0708. The van der Waals surface area contributed by atoms with Crippen LogP contribution in [-0.4, -0.2) is 92.1 Å². The number of carbonyl (C=O) groups excluding carboxylic acids is 1. The fourth-order valence-electron chi connectivity index (χ4n) is 2.67. The Morgan fingerprint density at radius 3 is 2.16 bits per heavy atom. The first-order valence-electron chi connectivity index (χ1n) is 13.9. The zero-order valence-electron chi connectivity index (χ0n) is 26.5. The Hall–Kier alpha value is -3.39. The van der Waals surface area contributed by atoms with Gasteiger partial charge in [-0.2, -0.15) is 13.2 Å². The van der Waals surface area contributed by atoms with Gasteiger partial charge in [0.1, 0.15) is 38.3 Å². The number of hydrogen-bond acceptors (Lipinski definition) is 9. The lowest BCUT2D eigenvalue weighted by molar-refractivity contribution is -0.153. The van der Waals surface area contributed by atoms with E-state index in [1.165, 1.54) is 18.6 Å². The zero-order chi connectivity index (χ0) is 34.7. The third kappa shape index (κ3) is 23.1. The summed E-state index contributed by atoms with van der Waals surface area (Å²) in [4.78, 5) is 11.2. The highest BCUT2D eigenvalue weighted by Crippen LogP contribution is 2.21. The first kappa shape index (κ1) is 45.0. The van der Waals surface area contributed by atoms with Crippen LogP contribution in [-0.2, 0) is 18.9 Å². The number of hydrogen-bond donors (Lipinski definition) is 2. The van der Waals surface area contributed by atoms with Crippen LogP contribution in [0.1, 0.15) is 53.9 Å². The maximum atomic E-state index is 13.2. The van der Waals surface area contributed by atoms with Crippen molar-refractivity contribution in [1.29, 1.82) is 0 Å². The average molecular weight is 645 g/mol. The highest BCUT2D eigenvalue weighted by Gasteiger charge is 2.34. The number of alkyl halides is 5. The fourth-order valence-corrected chi connectivity index (χ4v) is 2.67. The summed E-state index contributed by atoms with van der Waals surface area (Å²) in [5, 5.41) is 22.8. The second kappa shape index (κ2) is 27.2. The summed E-state index contributed by atoms with van der Waals surface area (Å²) in [6.45, 7) is 14.4. The molecule has 0 aromatic carbocycles. The predicted molar refractivity (Wildman–Crippen MR) is 162 cm³/mol. The van der Waals surface area contributed by atoms with E-state index in [-0.39, 0.29) is 17.0 Å². The van der Waals surface area contributed by atoms with Crippen molar-refractivity contribution in [3.05, 3.63) is 60.9 Å². The molecule has 44 heavy (non-hydrogen) atoms. The average Bonchev–Trinajstić information content (AvgIpc) is 2.98. The number of ether oxygens (including phenoxy) is 4. The molecule has 0 radical (unpaired) electrons. The van der Waals surface area contributed by atoms with Gasteiger partial charge in [-0.15, -0.1) is 11.7 Å². The molecule has 0 heterocycles. The Kier molecular flexibility index (Phi) is 27.8. The molecule has 2 N–H and O–H groups in total. The van der Waals surface area contributed by atoms with Gasteiger partial charge in [0.15, 0.2) is 12.4 Å². The number of aliphatic hydroxyl groups excluding tert-OH is 2. The van der Waals surface area contributed by atoms with E-state index in [9.17, 15) is 31.9 Å². The highest BCUT2D eigenvalue weighted by molar-refractivity contribution is 5.92. The number of allylic oxidation sites excluding steroid dienone is 4. The lowest BCUT2D eigenvalue weighted by Gasteiger charge is -2.28. The molecule has 14 heteroatoms. The molecule has 0 fully saturated rings. The van der Waals surface area contributed by atoms with Crippen molar-refractivity contribution >= 4 is 12.1 Å². The SMILES string of the molecule is C=C/C=C(\C)CC.C=CCCC(=C)/C(=N\N(CC(F)(F)F)C(CF)CF)OC(C)OC(COC(=O)OC)/C(O)=C\CO.CC. The molecule has 0 aromatic heterocycles. The summed E-state index contributed by atoms with van der Waals surface area (Å²) in [5.74, 6) is -1.06. The van der Waals surface area contributed by atoms with Crippen molar-refractivity contribution in [1.82, 2.24) is 5.01 Å². The van der Waals surface area contributed by atoms with Crippen molar-refractivity contribution in [2.24, 2.45) is 5.10 Å². The van der Waals surface area contributed by atoms with Crippen molar-refractivity contribution in [2.45, 2.75) is 78.5 Å². The molecule has 0 rings (SSSR count). The van der Waals surface area contributed by atoms with E-state index in [0.717, 1.165) is 19.6 Å². The van der Waals surface area contributed by atoms with E-state index in [4.69, 9.17) is 19.3 Å². The van der Waals surface area contributed by atoms with Crippen LogP contribution in [0.15, 0.2) is 66.0 Å². The lowest BCUT2D eigenvalue weighted by Crippen LogP contribution is -2.42. The minimum Gasteiger partial charge on any atom is -0.510 e. The molecule has 0 bridgehead atoms. The molecular formula is C30H49F5N2O7. The minimum atomic E-state index is -4.83. The Labute approximate surface area is 258 Å². The Morgan fingerprint density at radius 2 is 1.75 bits per heavy atom. The number of aliphatic hydroxyl groups is 2. The predicted octanol–water partition coefficient (Wildman–Crippen LogP) is 7.51. The number of hydrazone groups is 1. The highest BCUT2D eigenvalue weighted by atomic mass is 19.4. The van der Waals surface area contributed by atoms with E-state index < -0.39 is 75.5 Å². The van der Waals surface area contributed by atoms with Crippen LogP contribution in [0.25, 0.3) is 0 Å². The molecule has 0 saturated heterocycles. The van der Waals surface area contributed by atoms with Crippen LogP contribution < -0.4 is 0 Å². The first-order valence-corrected chi connectivity index (χ1v) is 13.9. The molecule has 0 aliphatic carbocycles. The van der Waals surface area contributed by atoms with E-state index >= 15 is 0 Å². The molecule has 0 spiro atoms. The topological polar surface area (TPSA) is 110 Å². The first-order chi connectivity index (χ1) is 20.7. The van der Waals surface area contributed by atoms with Crippen molar-refractivity contribution in [3.63, 3.8) is 0 Å². The van der Waals surface area contributed by atoms with E-state index in [1.54, 1.807) is 0 Å². The standard InChI is InChI=1S/C21H31F5N2O7.C7H12.C2H6/c1-5-6-7-14(2)19(27-28(13-21(24,25)26)16(10-22)11-23)35-15(3)34-18(17(30)8-9-29)12-33-20(31)32-4;1-4-6-7(3)5-2;1-2/h5,8,15-16,18,29-30H,1-2,6-7,9-13H2,3-4H3;4,6H,1,5H2,2-3H3;1-2H3/b17-8+,27-19+;7-6+;. The van der Waals surface area contributed by atoms with Gasteiger partial charge in [0.05, 0.1) is 13.7 Å². The number of halogens is 5. The molecule has 0 saturated carbocycles. The molecule has 0 aromatic rings. The third-order valence-corrected chi connectivity index (χ3v) is 5.03. The van der Waals surface area contributed by atoms with Gasteiger partial charge in [-0.3, -0.25) is 5.01 Å². The number of methoxy groups -OCH3 is 1. The Morgan fingerprint density at radius 1 is 1.16 bits per heavy atom. The summed E-state index contributed by atoms with van der Waals surface area (Å²) in [6, 6.07) is -1.84. The van der Waals surface area contributed by atoms with Crippen LogP contribution in [0.4, 0.5) is 26.7 Å². The van der Waals surface area contributed by atoms with Crippen LogP contribution in [0.2, 0.25) is 0 Å². The third-order valence-electron chi connectivity index (χ3n) is 5.03. The van der Waals surface area contributed by atoms with Crippen LogP contribution in [0, 0.1) is 0 Å². The lowest BCUT2D eigenvalue weighted by atomic mass is 10.1. The molecule has 0 amide bonds. The van der Waals surface area contributed by atoms with E-state index in [2.05, 4.69) is 43.4 Å². The molecule has 2 unspecified atom stereocenters. The largest absolute Gasteiger partial charge is 0.510 e. The molecule has 0 aliphatic rings. The van der Waals surface area contributed by atoms with Gasteiger partial charge in [-0.1, -0.05) is 57.7 Å². The molecule has 256 valence electrons. The Balaban J connectivity index is -0.00000163. The maximum absolute atomic E-state index is 13.2. The van der Waals surface area contributed by atoms with Gasteiger partial charge in [0, 0.05) is 5.57 Å². The van der Waals surface area contributed by atoms with Crippen molar-refractivity contribution in [3.8, 4) is 0 Å². The van der Waals surface area contributed by atoms with E-state index in [1.807, 2.05) is 26.0 Å². The van der Waals surface area contributed by atoms with Gasteiger partial charge in [-0.05, 0) is 39.2 Å². The monoisotopic (exact) mass is 644 g/mol. The van der Waals surface area contributed by atoms with Gasteiger partial charge >= 0.3 is 12.3 Å². The quantitative estimate of drug-likeness (QED) is 0.0182. The number of rotatable bonds is 18.